The van der Waals surface area contributed by atoms with Crippen LogP contribution in [-0.2, 0) is 11.8 Å². The maximum atomic E-state index is 4.35. The second-order valence-corrected chi connectivity index (χ2v) is 11.5. The quantitative estimate of drug-likeness (QED) is 0.170. The van der Waals surface area contributed by atoms with Crippen molar-refractivity contribution in [2.45, 2.75) is 51.4 Å². The van der Waals surface area contributed by atoms with Gasteiger partial charge in [0.2, 0.25) is 0 Å². The van der Waals surface area contributed by atoms with Gasteiger partial charge < -0.3 is 0 Å². The molecule has 0 N–H and O–H groups in total. The van der Waals surface area contributed by atoms with Gasteiger partial charge in [-0.2, -0.15) is 0 Å². The van der Waals surface area contributed by atoms with Crippen molar-refractivity contribution in [3.05, 3.63) is 149 Å². The van der Waals surface area contributed by atoms with E-state index in [4.69, 9.17) is 0 Å². The number of rotatable bonds is 7. The van der Waals surface area contributed by atoms with E-state index in [-0.39, 0.29) is 5.41 Å². The largest absolute Gasteiger partial charge is 0.264 e. The molecule has 198 valence electrons. The molecular weight excluding hydrogens is 482 g/mol. The molecule has 0 heterocycles. The zero-order valence-electron chi connectivity index (χ0n) is 23.7. The number of nitrogens with zero attached hydrogens (tertiary/aromatic N) is 1. The van der Waals surface area contributed by atoms with Crippen LogP contribution in [0.15, 0.2) is 126 Å². The average molecular weight is 520 g/mol. The van der Waals surface area contributed by atoms with E-state index in [1.807, 2.05) is 18.2 Å². The number of hydrogen-bond donors (Lipinski definition) is 0. The van der Waals surface area contributed by atoms with Gasteiger partial charge in [-0.3, -0.25) is 4.99 Å². The first-order chi connectivity index (χ1) is 19.5. The maximum Gasteiger partial charge on any atom is 0.0700 e. The summed E-state index contributed by atoms with van der Waals surface area (Å²) in [6, 6.07) is 37.0. The predicted molar refractivity (Wildman–Crippen MR) is 172 cm³/mol. The van der Waals surface area contributed by atoms with E-state index in [2.05, 4.69) is 123 Å². The summed E-state index contributed by atoms with van der Waals surface area (Å²) in [7, 11) is 0. The third-order valence-corrected chi connectivity index (χ3v) is 8.72. The summed E-state index contributed by atoms with van der Waals surface area (Å²) >= 11 is 0. The summed E-state index contributed by atoms with van der Waals surface area (Å²) in [5.74, 6) is 0. The fraction of sp³-hybridized carbons (Fsp3) is 0.205. The topological polar surface area (TPSA) is 12.4 Å². The summed E-state index contributed by atoms with van der Waals surface area (Å²) < 4.78 is 0. The third-order valence-electron chi connectivity index (χ3n) is 8.72. The number of benzene rings is 4. The third kappa shape index (κ3) is 5.05. The van der Waals surface area contributed by atoms with E-state index in [0.29, 0.717) is 0 Å². The van der Waals surface area contributed by atoms with Crippen LogP contribution in [-0.4, -0.2) is 6.72 Å². The highest BCUT2D eigenvalue weighted by molar-refractivity contribution is 5.85. The Labute approximate surface area is 239 Å². The second-order valence-electron chi connectivity index (χ2n) is 11.5. The zero-order chi connectivity index (χ0) is 27.5. The lowest BCUT2D eigenvalue weighted by Gasteiger charge is -2.27. The zero-order valence-corrected chi connectivity index (χ0v) is 23.7. The Morgan fingerprint density at radius 3 is 2.12 bits per heavy atom. The molecule has 1 heteroatoms. The molecule has 2 aliphatic carbocycles. The lowest BCUT2D eigenvalue weighted by atomic mass is 9.77. The molecule has 1 nitrogen and oxygen atoms in total. The Kier molecular flexibility index (Phi) is 7.22. The van der Waals surface area contributed by atoms with Crippen molar-refractivity contribution in [1.29, 1.82) is 0 Å². The highest BCUT2D eigenvalue weighted by Gasteiger charge is 2.38. The Morgan fingerprint density at radius 2 is 1.43 bits per heavy atom. The number of allylic oxidation sites excluding steroid dienone is 5. The molecule has 0 saturated heterocycles. The fourth-order valence-electron chi connectivity index (χ4n) is 6.49. The minimum Gasteiger partial charge on any atom is -0.264 e. The molecule has 0 amide bonds. The molecule has 0 bridgehead atoms. The molecule has 0 aromatic heterocycles. The normalized spacial score (nSPS) is 16.4. The molecule has 0 atom stereocenters. The summed E-state index contributed by atoms with van der Waals surface area (Å²) in [6.45, 7) is 8.68. The van der Waals surface area contributed by atoms with Crippen molar-refractivity contribution in [3.63, 3.8) is 0 Å². The minimum atomic E-state index is 0.145. The second kappa shape index (κ2) is 11.1. The molecule has 0 radical (unpaired) electrons. The Morgan fingerprint density at radius 1 is 0.775 bits per heavy atom. The first-order valence-electron chi connectivity index (χ1n) is 14.5. The molecule has 0 spiro atoms. The number of fused-ring (bicyclic) bond motifs is 2. The molecule has 2 aliphatic rings. The van der Waals surface area contributed by atoms with Crippen LogP contribution in [0.5, 0.6) is 0 Å². The number of hydrogen-bond acceptors (Lipinski definition) is 1. The monoisotopic (exact) mass is 519 g/mol. The molecule has 0 unspecified atom stereocenters. The SMILES string of the molecule is C=N/C(=C\C(=C/Cc1ccc(-c2ccc3c(c2)C(C)(C)C2=C3CCCC2)cc1)c1ccccc1)c1ccccc1. The Bertz CT molecular complexity index is 1610. The van der Waals surface area contributed by atoms with Crippen LogP contribution < -0.4 is 0 Å². The van der Waals surface area contributed by atoms with Gasteiger partial charge in [0, 0.05) is 11.0 Å². The van der Waals surface area contributed by atoms with Crippen molar-refractivity contribution < 1.29 is 0 Å². The van der Waals surface area contributed by atoms with Gasteiger partial charge in [-0.25, -0.2) is 0 Å². The van der Waals surface area contributed by atoms with E-state index >= 15 is 0 Å². The van der Waals surface area contributed by atoms with Crippen LogP contribution in [0, 0.1) is 0 Å². The highest BCUT2D eigenvalue weighted by atomic mass is 14.7. The van der Waals surface area contributed by atoms with Crippen LogP contribution in [0.4, 0.5) is 0 Å². The van der Waals surface area contributed by atoms with Gasteiger partial charge in [-0.1, -0.05) is 123 Å². The van der Waals surface area contributed by atoms with Crippen molar-refractivity contribution in [2.75, 3.05) is 0 Å². The maximum absolute atomic E-state index is 4.35. The van der Waals surface area contributed by atoms with Crippen molar-refractivity contribution in [1.82, 2.24) is 0 Å². The summed E-state index contributed by atoms with van der Waals surface area (Å²) in [5, 5.41) is 0. The van der Waals surface area contributed by atoms with Gasteiger partial charge in [0.1, 0.15) is 0 Å². The minimum absolute atomic E-state index is 0.145. The van der Waals surface area contributed by atoms with Crippen LogP contribution in [0.25, 0.3) is 28.0 Å². The van der Waals surface area contributed by atoms with Crippen molar-refractivity contribution in [2.24, 2.45) is 4.99 Å². The summed E-state index contributed by atoms with van der Waals surface area (Å²) in [5.41, 5.74) is 14.6. The number of aliphatic imine (C=N–C) groups is 1. The smallest absolute Gasteiger partial charge is 0.0700 e. The molecule has 4 aromatic rings. The van der Waals surface area contributed by atoms with Gasteiger partial charge in [-0.15, -0.1) is 0 Å². The van der Waals surface area contributed by atoms with E-state index in [9.17, 15) is 0 Å². The van der Waals surface area contributed by atoms with Gasteiger partial charge in [-0.05, 0) is 95.5 Å². The van der Waals surface area contributed by atoms with E-state index in [1.165, 1.54) is 59.1 Å². The van der Waals surface area contributed by atoms with Crippen LogP contribution >= 0.6 is 0 Å². The molecule has 40 heavy (non-hydrogen) atoms. The lowest BCUT2D eigenvalue weighted by molar-refractivity contribution is 0.574. The van der Waals surface area contributed by atoms with Crippen LogP contribution in [0.3, 0.4) is 0 Å². The highest BCUT2D eigenvalue weighted by Crippen LogP contribution is 2.52. The average Bonchev–Trinajstić information content (AvgIpc) is 3.24. The predicted octanol–water partition coefficient (Wildman–Crippen LogP) is 10.3. The van der Waals surface area contributed by atoms with Gasteiger partial charge in [0.25, 0.3) is 0 Å². The van der Waals surface area contributed by atoms with Gasteiger partial charge >= 0.3 is 0 Å². The first-order valence-corrected chi connectivity index (χ1v) is 14.5. The van der Waals surface area contributed by atoms with Crippen molar-refractivity contribution in [3.8, 4) is 11.1 Å². The molecule has 0 saturated carbocycles. The standard InChI is InChI=1S/C39H37N/c1-39(2)36-17-11-10-16-34(36)35-25-24-32(26-37(35)39)30-21-18-28(19-22-30)20-23-33(29-12-6-4-7-13-29)27-38(40-3)31-14-8-5-9-15-31/h4-9,12-15,18-19,21-27H,3,10-11,16-17,20H2,1-2H3/b33-23+,38-27-. The molecule has 0 fully saturated rings. The van der Waals surface area contributed by atoms with E-state index in [1.54, 1.807) is 11.1 Å². The first kappa shape index (κ1) is 26.0. The Hall–Kier alpha value is -4.23. The van der Waals surface area contributed by atoms with E-state index < -0.39 is 0 Å². The molecule has 4 aromatic carbocycles. The lowest BCUT2D eigenvalue weighted by Crippen LogP contribution is -2.18. The van der Waals surface area contributed by atoms with Crippen LogP contribution in [0.2, 0.25) is 0 Å². The summed E-state index contributed by atoms with van der Waals surface area (Å²) in [4.78, 5) is 4.35. The van der Waals surface area contributed by atoms with Gasteiger partial charge in [0.05, 0.1) is 5.70 Å². The molecule has 0 aliphatic heterocycles. The molecule has 6 rings (SSSR count). The van der Waals surface area contributed by atoms with Crippen molar-refractivity contribution >= 4 is 23.6 Å². The fourth-order valence-corrected chi connectivity index (χ4v) is 6.49. The summed E-state index contributed by atoms with van der Waals surface area (Å²) in [6.07, 6.45) is 10.4. The Balaban J connectivity index is 1.26. The van der Waals surface area contributed by atoms with Crippen LogP contribution in [0.1, 0.15) is 67.3 Å². The van der Waals surface area contributed by atoms with Gasteiger partial charge in [0.15, 0.2) is 0 Å². The molecular formula is C39H37N. The van der Waals surface area contributed by atoms with E-state index in [0.717, 1.165) is 23.3 Å².